The summed E-state index contributed by atoms with van der Waals surface area (Å²) < 4.78 is 5.22. The summed E-state index contributed by atoms with van der Waals surface area (Å²) in [6, 6.07) is 5.34. The van der Waals surface area contributed by atoms with Gasteiger partial charge in [-0.1, -0.05) is 25.4 Å². The first-order chi connectivity index (χ1) is 9.02. The summed E-state index contributed by atoms with van der Waals surface area (Å²) in [5.41, 5.74) is 0.798. The van der Waals surface area contributed by atoms with Crippen molar-refractivity contribution >= 4 is 23.2 Å². The Balaban J connectivity index is 2.40. The molecule has 1 aromatic rings. The van der Waals surface area contributed by atoms with Crippen molar-refractivity contribution in [2.75, 3.05) is 25.5 Å². The van der Waals surface area contributed by atoms with E-state index in [1.54, 1.807) is 25.3 Å². The third kappa shape index (κ3) is 5.83. The van der Waals surface area contributed by atoms with Crippen molar-refractivity contribution in [3.63, 3.8) is 0 Å². The summed E-state index contributed by atoms with van der Waals surface area (Å²) in [5, 5.41) is 6.66. The molecule has 0 aliphatic heterocycles. The van der Waals surface area contributed by atoms with Gasteiger partial charge < -0.3 is 15.4 Å². The zero-order chi connectivity index (χ0) is 14.3. The number of nitrogens with one attached hydrogen (secondary N) is 2. The Bertz CT molecular complexity index is 422. The molecule has 106 valence electrons. The highest BCUT2D eigenvalue weighted by Gasteiger charge is 2.05. The fraction of sp³-hybridized carbons (Fsp3) is 0.500. The third-order valence-electron chi connectivity index (χ3n) is 2.54. The van der Waals surface area contributed by atoms with Crippen LogP contribution >= 0.6 is 11.6 Å². The minimum absolute atomic E-state index is 0.0437. The number of halogens is 1. The average Bonchev–Trinajstić information content (AvgIpc) is 2.36. The topological polar surface area (TPSA) is 50.4 Å². The molecular weight excluding hydrogens is 264 g/mol. The van der Waals surface area contributed by atoms with Crippen molar-refractivity contribution in [1.82, 2.24) is 5.32 Å². The van der Waals surface area contributed by atoms with Crippen molar-refractivity contribution in [3.05, 3.63) is 23.2 Å². The molecule has 1 amide bonds. The average molecular weight is 285 g/mol. The Morgan fingerprint density at radius 2 is 2.16 bits per heavy atom. The number of benzene rings is 1. The second kappa shape index (κ2) is 7.89. The van der Waals surface area contributed by atoms with Crippen LogP contribution in [-0.4, -0.2) is 26.1 Å². The van der Waals surface area contributed by atoms with Crippen LogP contribution in [0.1, 0.15) is 20.3 Å². The van der Waals surface area contributed by atoms with E-state index in [1.807, 2.05) is 0 Å². The summed E-state index contributed by atoms with van der Waals surface area (Å²) in [6.45, 7) is 5.38. The van der Waals surface area contributed by atoms with E-state index >= 15 is 0 Å². The van der Waals surface area contributed by atoms with Crippen LogP contribution in [0.2, 0.25) is 5.02 Å². The van der Waals surface area contributed by atoms with Gasteiger partial charge in [-0.3, -0.25) is 4.79 Å². The summed E-state index contributed by atoms with van der Waals surface area (Å²) in [5.74, 6) is 1.22. The molecule has 0 bridgehead atoms. The molecule has 5 heteroatoms. The SMILES string of the molecule is COc1ccc(Cl)cc1NCCC(=O)NCC(C)C. The Kier molecular flexibility index (Phi) is 6.50. The van der Waals surface area contributed by atoms with E-state index in [1.165, 1.54) is 0 Å². The van der Waals surface area contributed by atoms with Crippen LogP contribution in [0.15, 0.2) is 18.2 Å². The van der Waals surface area contributed by atoms with Gasteiger partial charge in [0.15, 0.2) is 0 Å². The molecule has 1 rings (SSSR count). The summed E-state index contributed by atoms with van der Waals surface area (Å²) >= 11 is 5.92. The molecule has 0 spiro atoms. The summed E-state index contributed by atoms with van der Waals surface area (Å²) in [7, 11) is 1.60. The second-order valence-corrected chi connectivity index (χ2v) is 5.16. The van der Waals surface area contributed by atoms with E-state index in [0.717, 1.165) is 5.69 Å². The van der Waals surface area contributed by atoms with Crippen LogP contribution < -0.4 is 15.4 Å². The molecule has 1 aromatic carbocycles. The van der Waals surface area contributed by atoms with E-state index < -0.39 is 0 Å². The molecule has 0 atom stereocenters. The molecule has 0 radical (unpaired) electrons. The zero-order valence-electron chi connectivity index (χ0n) is 11.6. The molecule has 0 aliphatic carbocycles. The first-order valence-electron chi connectivity index (χ1n) is 6.37. The first kappa shape index (κ1) is 15.6. The van der Waals surface area contributed by atoms with Gasteiger partial charge in [0.25, 0.3) is 0 Å². The van der Waals surface area contributed by atoms with Gasteiger partial charge >= 0.3 is 0 Å². The Hall–Kier alpha value is -1.42. The summed E-state index contributed by atoms with van der Waals surface area (Å²) in [4.78, 5) is 11.6. The van der Waals surface area contributed by atoms with E-state index in [0.29, 0.717) is 36.2 Å². The van der Waals surface area contributed by atoms with Gasteiger partial charge in [0, 0.05) is 24.5 Å². The Morgan fingerprint density at radius 3 is 2.79 bits per heavy atom. The Morgan fingerprint density at radius 1 is 1.42 bits per heavy atom. The highest BCUT2D eigenvalue weighted by molar-refractivity contribution is 6.30. The van der Waals surface area contributed by atoms with Crippen LogP contribution in [0.5, 0.6) is 5.75 Å². The van der Waals surface area contributed by atoms with Gasteiger partial charge in [0.2, 0.25) is 5.91 Å². The molecule has 0 fully saturated rings. The maximum absolute atomic E-state index is 11.6. The third-order valence-corrected chi connectivity index (χ3v) is 2.77. The molecule has 2 N–H and O–H groups in total. The van der Waals surface area contributed by atoms with Gasteiger partial charge in [-0.2, -0.15) is 0 Å². The minimum Gasteiger partial charge on any atom is -0.495 e. The van der Waals surface area contributed by atoms with Crippen molar-refractivity contribution in [3.8, 4) is 5.75 Å². The number of methoxy groups -OCH3 is 1. The van der Waals surface area contributed by atoms with Crippen LogP contribution in [-0.2, 0) is 4.79 Å². The van der Waals surface area contributed by atoms with Crippen molar-refractivity contribution in [2.45, 2.75) is 20.3 Å². The highest BCUT2D eigenvalue weighted by Crippen LogP contribution is 2.27. The number of amides is 1. The maximum Gasteiger partial charge on any atom is 0.221 e. The van der Waals surface area contributed by atoms with Gasteiger partial charge in [-0.25, -0.2) is 0 Å². The number of anilines is 1. The van der Waals surface area contributed by atoms with Gasteiger partial charge in [0.05, 0.1) is 12.8 Å². The lowest BCUT2D eigenvalue weighted by Gasteiger charge is -2.12. The lowest BCUT2D eigenvalue weighted by Crippen LogP contribution is -2.28. The predicted octanol–water partition coefficient (Wildman–Crippen LogP) is 2.92. The number of carbonyl (C=O) groups is 1. The van der Waals surface area contributed by atoms with E-state index in [9.17, 15) is 4.79 Å². The van der Waals surface area contributed by atoms with Gasteiger partial charge in [0.1, 0.15) is 5.75 Å². The van der Waals surface area contributed by atoms with Crippen molar-refractivity contribution in [2.24, 2.45) is 5.92 Å². The molecule has 0 saturated heterocycles. The molecule has 0 unspecified atom stereocenters. The Labute approximate surface area is 119 Å². The zero-order valence-corrected chi connectivity index (χ0v) is 12.4. The predicted molar refractivity (Wildman–Crippen MR) is 79.0 cm³/mol. The monoisotopic (exact) mass is 284 g/mol. The van der Waals surface area contributed by atoms with Crippen LogP contribution in [0, 0.1) is 5.92 Å². The quantitative estimate of drug-likeness (QED) is 0.809. The van der Waals surface area contributed by atoms with Crippen LogP contribution in [0.4, 0.5) is 5.69 Å². The second-order valence-electron chi connectivity index (χ2n) is 4.72. The fourth-order valence-corrected chi connectivity index (χ4v) is 1.71. The molecule has 4 nitrogen and oxygen atoms in total. The van der Waals surface area contributed by atoms with Crippen LogP contribution in [0.3, 0.4) is 0 Å². The molecule has 0 saturated carbocycles. The van der Waals surface area contributed by atoms with Gasteiger partial charge in [-0.05, 0) is 24.1 Å². The number of carbonyl (C=O) groups excluding carboxylic acids is 1. The molecule has 0 aromatic heterocycles. The van der Waals surface area contributed by atoms with Crippen molar-refractivity contribution in [1.29, 1.82) is 0 Å². The standard InChI is InChI=1S/C14H21ClN2O2/c1-10(2)9-17-14(18)6-7-16-12-8-11(15)4-5-13(12)19-3/h4-5,8,10,16H,6-7,9H2,1-3H3,(H,17,18). The van der Waals surface area contributed by atoms with Gasteiger partial charge in [-0.15, -0.1) is 0 Å². The molecule has 19 heavy (non-hydrogen) atoms. The number of hydrogen-bond donors (Lipinski definition) is 2. The fourth-order valence-electron chi connectivity index (χ4n) is 1.54. The first-order valence-corrected chi connectivity index (χ1v) is 6.75. The van der Waals surface area contributed by atoms with E-state index in [4.69, 9.17) is 16.3 Å². The molecule has 0 heterocycles. The number of ether oxygens (including phenoxy) is 1. The molecule has 0 aliphatic rings. The smallest absolute Gasteiger partial charge is 0.221 e. The summed E-state index contributed by atoms with van der Waals surface area (Å²) in [6.07, 6.45) is 0.419. The lowest BCUT2D eigenvalue weighted by molar-refractivity contribution is -0.120. The normalized spacial score (nSPS) is 10.4. The maximum atomic E-state index is 11.6. The van der Waals surface area contributed by atoms with Crippen molar-refractivity contribution < 1.29 is 9.53 Å². The van der Waals surface area contributed by atoms with E-state index in [-0.39, 0.29) is 5.91 Å². The lowest BCUT2D eigenvalue weighted by atomic mass is 10.2. The minimum atomic E-state index is 0.0437. The number of rotatable bonds is 7. The molecular formula is C14H21ClN2O2. The highest BCUT2D eigenvalue weighted by atomic mass is 35.5. The van der Waals surface area contributed by atoms with E-state index in [2.05, 4.69) is 24.5 Å². The van der Waals surface area contributed by atoms with Crippen LogP contribution in [0.25, 0.3) is 0 Å². The number of hydrogen-bond acceptors (Lipinski definition) is 3. The largest absolute Gasteiger partial charge is 0.495 e.